The number of benzene rings is 1. The third kappa shape index (κ3) is 5.57. The molecule has 2 rings (SSSR count). The summed E-state index contributed by atoms with van der Waals surface area (Å²) in [5.41, 5.74) is 4.83. The largest absolute Gasteiger partial charge is 0.466 e. The van der Waals surface area contributed by atoms with Gasteiger partial charge in [0.15, 0.2) is 4.34 Å². The molecule has 0 aliphatic rings. The highest BCUT2D eigenvalue weighted by molar-refractivity contribution is 8.02. The molecule has 0 aliphatic carbocycles. The van der Waals surface area contributed by atoms with E-state index >= 15 is 0 Å². The number of esters is 1. The van der Waals surface area contributed by atoms with Gasteiger partial charge in [0.25, 0.3) is 0 Å². The molecule has 2 aromatic rings. The highest BCUT2D eigenvalue weighted by Crippen LogP contribution is 2.29. The van der Waals surface area contributed by atoms with Crippen molar-refractivity contribution >= 4 is 40.7 Å². The van der Waals surface area contributed by atoms with E-state index in [2.05, 4.69) is 22.4 Å². The second kappa shape index (κ2) is 9.19. The molecule has 0 saturated heterocycles. The minimum absolute atomic E-state index is 0.0628. The van der Waals surface area contributed by atoms with Gasteiger partial charge in [0.2, 0.25) is 5.91 Å². The van der Waals surface area contributed by atoms with E-state index < -0.39 is 0 Å². The first-order valence-electron chi connectivity index (χ1n) is 8.45. The number of carbonyl (C=O) groups is 2. The molecule has 26 heavy (non-hydrogen) atoms. The van der Waals surface area contributed by atoms with Gasteiger partial charge in [-0.25, -0.2) is 4.98 Å². The summed E-state index contributed by atoms with van der Waals surface area (Å²) in [4.78, 5) is 28.5. The van der Waals surface area contributed by atoms with Crippen LogP contribution < -0.4 is 5.32 Å². The van der Waals surface area contributed by atoms with Crippen LogP contribution in [0.25, 0.3) is 0 Å². The van der Waals surface area contributed by atoms with Crippen LogP contribution in [-0.2, 0) is 20.7 Å². The standard InChI is InChI=1S/C19H24N2O3S2/c1-6-24-16(22)9-15-10-25-19(20-15)26-14(5)18(23)21-17-12(3)7-11(2)8-13(17)4/h7-8,10,14H,6,9H2,1-5H3,(H,21,23)/t14-/m0/s1. The quantitative estimate of drug-likeness (QED) is 0.562. The Kier molecular flexibility index (Phi) is 7.23. The zero-order valence-corrected chi connectivity index (χ0v) is 17.3. The van der Waals surface area contributed by atoms with Crippen LogP contribution >= 0.6 is 23.1 Å². The number of hydrogen-bond donors (Lipinski definition) is 1. The molecule has 0 saturated carbocycles. The number of nitrogens with one attached hydrogen (secondary N) is 1. The predicted molar refractivity (Wildman–Crippen MR) is 107 cm³/mol. The fourth-order valence-corrected chi connectivity index (χ4v) is 4.57. The van der Waals surface area contributed by atoms with E-state index in [1.54, 1.807) is 6.92 Å². The molecule has 7 heteroatoms. The zero-order chi connectivity index (χ0) is 19.3. The lowest BCUT2D eigenvalue weighted by Crippen LogP contribution is -2.23. The number of ether oxygens (including phenoxy) is 1. The van der Waals surface area contributed by atoms with Crippen molar-refractivity contribution in [3.05, 3.63) is 39.9 Å². The molecule has 0 unspecified atom stereocenters. The first kappa shape index (κ1) is 20.5. The van der Waals surface area contributed by atoms with E-state index in [4.69, 9.17) is 4.74 Å². The number of nitrogens with zero attached hydrogens (tertiary/aromatic N) is 1. The summed E-state index contributed by atoms with van der Waals surface area (Å²) in [7, 11) is 0. The monoisotopic (exact) mass is 392 g/mol. The molecule has 0 spiro atoms. The van der Waals surface area contributed by atoms with E-state index in [1.807, 2.05) is 33.1 Å². The Morgan fingerprint density at radius 3 is 2.54 bits per heavy atom. The Balaban J connectivity index is 1.97. The minimum atomic E-state index is -0.295. The van der Waals surface area contributed by atoms with Gasteiger partial charge in [0.05, 0.1) is 24.0 Å². The lowest BCUT2D eigenvalue weighted by Gasteiger charge is -2.15. The first-order valence-corrected chi connectivity index (χ1v) is 10.2. The fourth-order valence-electron chi connectivity index (χ4n) is 2.59. The molecule has 5 nitrogen and oxygen atoms in total. The smallest absolute Gasteiger partial charge is 0.311 e. The molecule has 0 aliphatic heterocycles. The number of anilines is 1. The number of aryl methyl sites for hydroxylation is 3. The van der Waals surface area contributed by atoms with Gasteiger partial charge < -0.3 is 10.1 Å². The molecule has 1 aromatic heterocycles. The Morgan fingerprint density at radius 2 is 1.92 bits per heavy atom. The second-order valence-corrected chi connectivity index (χ2v) is 8.56. The van der Waals surface area contributed by atoms with Crippen molar-refractivity contribution in [2.45, 2.75) is 50.6 Å². The topological polar surface area (TPSA) is 68.3 Å². The van der Waals surface area contributed by atoms with Crippen LogP contribution in [0.2, 0.25) is 0 Å². The molecule has 0 radical (unpaired) electrons. The molecule has 1 heterocycles. The number of thiazole rings is 1. The molecule has 1 aromatic carbocycles. The van der Waals surface area contributed by atoms with Crippen LogP contribution in [0.15, 0.2) is 21.9 Å². The number of rotatable bonds is 7. The van der Waals surface area contributed by atoms with Crippen molar-refractivity contribution in [1.82, 2.24) is 4.98 Å². The summed E-state index contributed by atoms with van der Waals surface area (Å²) in [6.45, 7) is 10.0. The Labute approximate surface area is 162 Å². The fraction of sp³-hybridized carbons (Fsp3) is 0.421. The van der Waals surface area contributed by atoms with Gasteiger partial charge in [0.1, 0.15) is 0 Å². The Hall–Kier alpha value is -1.86. The van der Waals surface area contributed by atoms with Gasteiger partial charge in [0, 0.05) is 11.1 Å². The molecular weight excluding hydrogens is 368 g/mol. The van der Waals surface area contributed by atoms with E-state index in [0.717, 1.165) is 21.2 Å². The Bertz CT molecular complexity index is 779. The molecular formula is C19H24N2O3S2. The SMILES string of the molecule is CCOC(=O)Cc1csc(S[C@@H](C)C(=O)Nc2c(C)cc(C)cc2C)n1. The van der Waals surface area contributed by atoms with Gasteiger partial charge >= 0.3 is 5.97 Å². The van der Waals surface area contributed by atoms with E-state index in [1.165, 1.54) is 28.7 Å². The van der Waals surface area contributed by atoms with E-state index in [0.29, 0.717) is 12.3 Å². The molecule has 0 fully saturated rings. The Morgan fingerprint density at radius 1 is 1.27 bits per heavy atom. The number of aromatic nitrogens is 1. The van der Waals surface area contributed by atoms with Crippen LogP contribution in [-0.4, -0.2) is 28.7 Å². The normalized spacial score (nSPS) is 11.9. The van der Waals surface area contributed by atoms with E-state index in [-0.39, 0.29) is 23.5 Å². The van der Waals surface area contributed by atoms with Crippen molar-refractivity contribution in [1.29, 1.82) is 0 Å². The summed E-state index contributed by atoms with van der Waals surface area (Å²) in [6.07, 6.45) is 0.160. The van der Waals surface area contributed by atoms with Crippen LogP contribution in [0.5, 0.6) is 0 Å². The van der Waals surface area contributed by atoms with Gasteiger partial charge in [-0.05, 0) is 45.7 Å². The van der Waals surface area contributed by atoms with Crippen LogP contribution in [0, 0.1) is 20.8 Å². The summed E-state index contributed by atoms with van der Waals surface area (Å²) >= 11 is 2.82. The van der Waals surface area contributed by atoms with Crippen molar-refractivity contribution in [2.75, 3.05) is 11.9 Å². The van der Waals surface area contributed by atoms with Crippen molar-refractivity contribution in [3.63, 3.8) is 0 Å². The van der Waals surface area contributed by atoms with Crippen molar-refractivity contribution in [3.8, 4) is 0 Å². The van der Waals surface area contributed by atoms with Gasteiger partial charge in [-0.3, -0.25) is 9.59 Å². The average Bonchev–Trinajstić information content (AvgIpc) is 2.97. The molecule has 140 valence electrons. The van der Waals surface area contributed by atoms with Gasteiger partial charge in [-0.1, -0.05) is 29.5 Å². The summed E-state index contributed by atoms with van der Waals surface area (Å²) < 4.78 is 5.69. The van der Waals surface area contributed by atoms with Crippen LogP contribution in [0.4, 0.5) is 5.69 Å². The summed E-state index contributed by atoms with van der Waals surface area (Å²) in [5.74, 6) is -0.349. The predicted octanol–water partition coefficient (Wildman–Crippen LogP) is 4.29. The van der Waals surface area contributed by atoms with Crippen molar-refractivity contribution < 1.29 is 14.3 Å². The third-order valence-electron chi connectivity index (χ3n) is 3.73. The zero-order valence-electron chi connectivity index (χ0n) is 15.7. The lowest BCUT2D eigenvalue weighted by atomic mass is 10.1. The lowest BCUT2D eigenvalue weighted by molar-refractivity contribution is -0.142. The molecule has 0 bridgehead atoms. The summed E-state index contributed by atoms with van der Waals surface area (Å²) in [5, 5.41) is 4.56. The maximum Gasteiger partial charge on any atom is 0.311 e. The van der Waals surface area contributed by atoms with Crippen LogP contribution in [0.3, 0.4) is 0 Å². The molecule has 1 amide bonds. The minimum Gasteiger partial charge on any atom is -0.466 e. The highest BCUT2D eigenvalue weighted by Gasteiger charge is 2.19. The maximum atomic E-state index is 12.5. The first-order chi connectivity index (χ1) is 12.3. The van der Waals surface area contributed by atoms with Crippen LogP contribution in [0.1, 0.15) is 36.2 Å². The molecule has 1 N–H and O–H groups in total. The van der Waals surface area contributed by atoms with Crippen molar-refractivity contribution in [2.24, 2.45) is 0 Å². The summed E-state index contributed by atoms with van der Waals surface area (Å²) in [6, 6.07) is 4.12. The highest BCUT2D eigenvalue weighted by atomic mass is 32.2. The number of carbonyl (C=O) groups excluding carboxylic acids is 2. The van der Waals surface area contributed by atoms with E-state index in [9.17, 15) is 9.59 Å². The second-order valence-electron chi connectivity index (χ2n) is 6.11. The number of thioether (sulfide) groups is 1. The average molecular weight is 393 g/mol. The maximum absolute atomic E-state index is 12.5. The number of amides is 1. The molecule has 1 atom stereocenters. The number of hydrogen-bond acceptors (Lipinski definition) is 6. The van der Waals surface area contributed by atoms with Gasteiger partial charge in [-0.15, -0.1) is 11.3 Å². The third-order valence-corrected chi connectivity index (χ3v) is 5.85. The van der Waals surface area contributed by atoms with Gasteiger partial charge in [-0.2, -0.15) is 0 Å².